The highest BCUT2D eigenvalue weighted by Crippen LogP contribution is 2.32. The van der Waals surface area contributed by atoms with Crippen LogP contribution in [0.1, 0.15) is 64.2 Å². The smallest absolute Gasteiger partial charge is 0.318 e. The fourth-order valence-electron chi connectivity index (χ4n) is 6.43. The molecule has 0 spiro atoms. The number of hydrogen-bond acceptors (Lipinski definition) is 4. The van der Waals surface area contributed by atoms with Gasteiger partial charge in [0.2, 0.25) is 5.91 Å². The van der Waals surface area contributed by atoms with Gasteiger partial charge in [-0.1, -0.05) is 55.5 Å². The average molecular weight is 609 g/mol. The molecule has 1 saturated heterocycles. The molecule has 0 aliphatic carbocycles. The van der Waals surface area contributed by atoms with E-state index in [2.05, 4.69) is 52.1 Å². The molecule has 0 unspecified atom stereocenters. The number of aromatic amines is 1. The highest BCUT2D eigenvalue weighted by atomic mass is 16.2. The van der Waals surface area contributed by atoms with Gasteiger partial charge in [-0.2, -0.15) is 0 Å². The largest absolute Gasteiger partial charge is 0.361 e. The van der Waals surface area contributed by atoms with Crippen LogP contribution in [0.3, 0.4) is 0 Å². The van der Waals surface area contributed by atoms with Gasteiger partial charge < -0.3 is 30.7 Å². The Morgan fingerprint density at radius 3 is 2.42 bits per heavy atom. The van der Waals surface area contributed by atoms with Crippen LogP contribution in [0.5, 0.6) is 0 Å². The number of fused-ring (bicyclic) bond motifs is 1. The van der Waals surface area contributed by atoms with Gasteiger partial charge in [0.1, 0.15) is 6.04 Å². The number of aryl methyl sites for hydroxylation is 1. The maximum absolute atomic E-state index is 14.2. The summed E-state index contributed by atoms with van der Waals surface area (Å²) in [5, 5.41) is 9.76. The monoisotopic (exact) mass is 608 g/mol. The number of nitrogens with zero attached hydrogens (tertiary/aromatic N) is 2. The van der Waals surface area contributed by atoms with Crippen molar-refractivity contribution in [2.75, 3.05) is 39.5 Å². The molecule has 5 rings (SSSR count). The van der Waals surface area contributed by atoms with Crippen LogP contribution >= 0.6 is 0 Å². The molecule has 4 amide bonds. The first-order valence-electron chi connectivity index (χ1n) is 15.6. The lowest BCUT2D eigenvalue weighted by molar-refractivity contribution is -0.118. The fourth-order valence-corrected chi connectivity index (χ4v) is 6.43. The number of piperidine rings is 1. The molecule has 9 heteroatoms. The SMILES string of the molecule is CNC(=O)c1ccc(CN(C)C)cc1NC(=O)[C@H](NC(=O)N1CCC(c2ccccc2C)CC1)[C@H](C)c1c[nH]c2ccccc12. The minimum absolute atomic E-state index is 0.266. The lowest BCUT2D eigenvalue weighted by atomic mass is 9.87. The zero-order valence-corrected chi connectivity index (χ0v) is 26.8. The van der Waals surface area contributed by atoms with Crippen molar-refractivity contribution in [3.05, 3.63) is 101 Å². The third-order valence-corrected chi connectivity index (χ3v) is 8.90. The van der Waals surface area contributed by atoms with Crippen molar-refractivity contribution in [1.82, 2.24) is 25.4 Å². The number of anilines is 1. The third-order valence-electron chi connectivity index (χ3n) is 8.90. The van der Waals surface area contributed by atoms with Crippen LogP contribution in [-0.2, 0) is 11.3 Å². The number of carbonyl (C=O) groups is 3. The first-order chi connectivity index (χ1) is 21.7. The molecule has 4 aromatic rings. The second kappa shape index (κ2) is 14.0. The molecular formula is C36H44N6O3. The van der Waals surface area contributed by atoms with Crippen LogP contribution in [0.15, 0.2) is 72.9 Å². The summed E-state index contributed by atoms with van der Waals surface area (Å²) < 4.78 is 0. The maximum Gasteiger partial charge on any atom is 0.318 e. The number of amides is 4. The molecule has 45 heavy (non-hydrogen) atoms. The van der Waals surface area contributed by atoms with E-state index in [9.17, 15) is 14.4 Å². The van der Waals surface area contributed by atoms with Gasteiger partial charge >= 0.3 is 6.03 Å². The van der Waals surface area contributed by atoms with Crippen molar-refractivity contribution >= 4 is 34.4 Å². The van der Waals surface area contributed by atoms with E-state index in [1.165, 1.54) is 11.1 Å². The van der Waals surface area contributed by atoms with Gasteiger partial charge in [0.25, 0.3) is 5.91 Å². The lowest BCUT2D eigenvalue weighted by Crippen LogP contribution is -2.53. The number of aromatic nitrogens is 1. The normalized spacial score (nSPS) is 15.1. The number of hydrogen-bond donors (Lipinski definition) is 4. The maximum atomic E-state index is 14.2. The van der Waals surface area contributed by atoms with E-state index in [-0.39, 0.29) is 23.8 Å². The minimum atomic E-state index is -0.902. The van der Waals surface area contributed by atoms with Crippen LogP contribution in [0.2, 0.25) is 0 Å². The lowest BCUT2D eigenvalue weighted by Gasteiger charge is -2.34. The number of rotatable bonds is 9. The molecule has 0 radical (unpaired) electrons. The number of urea groups is 1. The summed E-state index contributed by atoms with van der Waals surface area (Å²) in [5.41, 5.74) is 6.21. The Labute approximate surface area is 265 Å². The number of para-hydroxylation sites is 1. The highest BCUT2D eigenvalue weighted by molar-refractivity contribution is 6.06. The Morgan fingerprint density at radius 1 is 1.00 bits per heavy atom. The van der Waals surface area contributed by atoms with E-state index in [1.54, 1.807) is 13.1 Å². The molecule has 1 fully saturated rings. The Hall–Kier alpha value is -4.63. The molecular weight excluding hydrogens is 564 g/mol. The summed E-state index contributed by atoms with van der Waals surface area (Å²) in [7, 11) is 5.48. The van der Waals surface area contributed by atoms with E-state index in [0.717, 1.165) is 34.9 Å². The van der Waals surface area contributed by atoms with Crippen LogP contribution in [0.25, 0.3) is 10.9 Å². The van der Waals surface area contributed by atoms with Gasteiger partial charge in [0, 0.05) is 49.7 Å². The van der Waals surface area contributed by atoms with Gasteiger partial charge in [0.05, 0.1) is 11.3 Å². The zero-order valence-electron chi connectivity index (χ0n) is 26.8. The van der Waals surface area contributed by atoms with E-state index in [4.69, 9.17) is 0 Å². The number of likely N-dealkylation sites (tertiary alicyclic amines) is 1. The molecule has 0 bridgehead atoms. The second-order valence-corrected chi connectivity index (χ2v) is 12.3. The molecule has 4 N–H and O–H groups in total. The Morgan fingerprint density at radius 2 is 1.71 bits per heavy atom. The average Bonchev–Trinajstić information content (AvgIpc) is 3.47. The van der Waals surface area contributed by atoms with Crippen molar-refractivity contribution in [2.45, 2.75) is 51.1 Å². The summed E-state index contributed by atoms with van der Waals surface area (Å²) in [6.45, 7) is 5.94. The first kappa shape index (κ1) is 31.8. The van der Waals surface area contributed by atoms with Crippen LogP contribution in [-0.4, -0.2) is 72.9 Å². The third kappa shape index (κ3) is 7.20. The Balaban J connectivity index is 1.40. The van der Waals surface area contributed by atoms with Crippen LogP contribution in [0, 0.1) is 6.92 Å². The number of benzene rings is 3. The first-order valence-corrected chi connectivity index (χ1v) is 15.6. The van der Waals surface area contributed by atoms with E-state index in [1.807, 2.05) is 73.4 Å². The Bertz CT molecular complexity index is 1670. The minimum Gasteiger partial charge on any atom is -0.361 e. The highest BCUT2D eigenvalue weighted by Gasteiger charge is 2.33. The molecule has 236 valence electrons. The molecule has 0 saturated carbocycles. The predicted octanol–water partition coefficient (Wildman–Crippen LogP) is 5.60. The molecule has 1 aromatic heterocycles. The second-order valence-electron chi connectivity index (χ2n) is 12.3. The van der Waals surface area contributed by atoms with Crippen molar-refractivity contribution in [2.24, 2.45) is 0 Å². The standard InChI is InChI=1S/C36H44N6O3/c1-23-10-6-7-11-27(23)26-16-18-42(19-17-26)36(45)40-33(24(2)30-21-38-31-13-9-8-12-28(30)31)35(44)39-32-20-25(22-41(4)5)14-15-29(32)34(43)37-3/h6-15,20-21,24,26,33,38H,16-19,22H2,1-5H3,(H,37,43)(H,39,44)(H,40,45)/t24-,33-/m1/s1. The predicted molar refractivity (Wildman–Crippen MR) is 180 cm³/mol. The number of H-pyrrole nitrogens is 1. The van der Waals surface area contributed by atoms with E-state index >= 15 is 0 Å². The summed E-state index contributed by atoms with van der Waals surface area (Å²) in [6.07, 6.45) is 3.63. The summed E-state index contributed by atoms with van der Waals surface area (Å²) >= 11 is 0. The Kier molecular flexibility index (Phi) is 9.88. The van der Waals surface area contributed by atoms with Crippen molar-refractivity contribution < 1.29 is 14.4 Å². The van der Waals surface area contributed by atoms with Crippen molar-refractivity contribution in [1.29, 1.82) is 0 Å². The van der Waals surface area contributed by atoms with Gasteiger partial charge in [-0.15, -0.1) is 0 Å². The van der Waals surface area contributed by atoms with Crippen molar-refractivity contribution in [3.8, 4) is 0 Å². The van der Waals surface area contributed by atoms with Crippen LogP contribution in [0.4, 0.5) is 10.5 Å². The number of carbonyl (C=O) groups excluding carboxylic acids is 3. The summed E-state index contributed by atoms with van der Waals surface area (Å²) in [5.74, 6) is -0.661. The quantitative estimate of drug-likeness (QED) is 0.198. The molecule has 1 aliphatic heterocycles. The zero-order chi connectivity index (χ0) is 32.1. The topological polar surface area (TPSA) is 110 Å². The number of nitrogens with one attached hydrogen (secondary N) is 4. The molecule has 2 heterocycles. The molecule has 2 atom stereocenters. The van der Waals surface area contributed by atoms with Gasteiger partial charge in [0.15, 0.2) is 0 Å². The molecule has 3 aromatic carbocycles. The van der Waals surface area contributed by atoms with Crippen molar-refractivity contribution in [3.63, 3.8) is 0 Å². The van der Waals surface area contributed by atoms with Crippen LogP contribution < -0.4 is 16.0 Å². The van der Waals surface area contributed by atoms with Gasteiger partial charge in [-0.05, 0) is 80.2 Å². The van der Waals surface area contributed by atoms with Gasteiger partial charge in [-0.25, -0.2) is 4.79 Å². The fraction of sp³-hybridized carbons (Fsp3) is 0.361. The molecule has 9 nitrogen and oxygen atoms in total. The molecule has 1 aliphatic rings. The van der Waals surface area contributed by atoms with E-state index < -0.39 is 6.04 Å². The van der Waals surface area contributed by atoms with Gasteiger partial charge in [-0.3, -0.25) is 9.59 Å². The van der Waals surface area contributed by atoms with E-state index in [0.29, 0.717) is 36.8 Å². The summed E-state index contributed by atoms with van der Waals surface area (Å²) in [6, 6.07) is 20.6. The summed E-state index contributed by atoms with van der Waals surface area (Å²) in [4.78, 5) is 47.8.